The Morgan fingerprint density at radius 1 is 1.10 bits per heavy atom. The van der Waals surface area contributed by atoms with Crippen LogP contribution in [-0.2, 0) is 19.6 Å². The van der Waals surface area contributed by atoms with Gasteiger partial charge < -0.3 is 10.1 Å². The zero-order valence-electron chi connectivity index (χ0n) is 14.8. The lowest BCUT2D eigenvalue weighted by atomic mass is 10.3. The number of amides is 1. The molecule has 2 heterocycles. The number of carbonyl (C=O) groups excluding carboxylic acids is 2. The molecule has 0 saturated carbocycles. The molecule has 0 spiro atoms. The number of nitrogens with zero attached hydrogens (tertiary/aromatic N) is 1. The molecule has 0 radical (unpaired) electrons. The van der Waals surface area contributed by atoms with E-state index in [1.807, 2.05) is 0 Å². The van der Waals surface area contributed by atoms with E-state index in [0.717, 1.165) is 24.2 Å². The summed E-state index contributed by atoms with van der Waals surface area (Å²) in [7, 11) is -3.77. The third kappa shape index (κ3) is 5.04. The van der Waals surface area contributed by atoms with E-state index in [0.29, 0.717) is 13.1 Å². The molecule has 1 amide bonds. The molecule has 0 aliphatic carbocycles. The molecule has 12 heteroatoms. The summed E-state index contributed by atoms with van der Waals surface area (Å²) in [5.41, 5.74) is 0.204. The average molecular weight is 498 g/mol. The van der Waals surface area contributed by atoms with Crippen molar-refractivity contribution in [2.45, 2.75) is 17.7 Å². The van der Waals surface area contributed by atoms with Gasteiger partial charge in [-0.2, -0.15) is 4.31 Å². The number of carbonyl (C=O) groups is 2. The molecule has 1 fully saturated rings. The first-order valence-electron chi connectivity index (χ1n) is 8.39. The van der Waals surface area contributed by atoms with Crippen molar-refractivity contribution in [3.05, 3.63) is 43.5 Å². The van der Waals surface area contributed by atoms with Crippen molar-refractivity contribution < 1.29 is 22.7 Å². The largest absolute Gasteiger partial charge is 0.451 e. The number of halogens is 3. The Hall–Kier alpha value is -1.36. The van der Waals surface area contributed by atoms with E-state index in [9.17, 15) is 18.0 Å². The Bertz CT molecular complexity index is 1050. The number of ether oxygens (including phenoxy) is 1. The predicted octanol–water partition coefficient (Wildman–Crippen LogP) is 4.29. The summed E-state index contributed by atoms with van der Waals surface area (Å²) in [4.78, 5) is 24.3. The zero-order valence-corrected chi connectivity index (χ0v) is 18.7. The second-order valence-corrected chi connectivity index (χ2v) is 10.1. The van der Waals surface area contributed by atoms with Gasteiger partial charge in [0.05, 0.1) is 20.8 Å². The smallest absolute Gasteiger partial charge is 0.350 e. The monoisotopic (exact) mass is 496 g/mol. The van der Waals surface area contributed by atoms with Gasteiger partial charge in [0, 0.05) is 13.1 Å². The number of thiophene rings is 1. The molecule has 1 N–H and O–H groups in total. The Balaban J connectivity index is 1.65. The van der Waals surface area contributed by atoms with Gasteiger partial charge in [-0.3, -0.25) is 4.79 Å². The van der Waals surface area contributed by atoms with Gasteiger partial charge in [-0.15, -0.1) is 11.3 Å². The van der Waals surface area contributed by atoms with Crippen LogP contribution in [0.4, 0.5) is 5.69 Å². The standard InChI is InChI=1S/C17H15Cl3N2O5S2/c18-10-7-12(20)13(8-11(10)19)21-15(23)9-27-17(24)16-14(3-6-28-16)29(25,26)22-4-1-2-5-22/h3,6-8H,1-2,4-5,9H2,(H,21,23). The number of esters is 1. The summed E-state index contributed by atoms with van der Waals surface area (Å²) in [6.45, 7) is 0.204. The predicted molar refractivity (Wildman–Crippen MR) is 113 cm³/mol. The number of hydrogen-bond acceptors (Lipinski definition) is 6. The minimum Gasteiger partial charge on any atom is -0.451 e. The molecule has 1 aromatic heterocycles. The van der Waals surface area contributed by atoms with Crippen LogP contribution in [0, 0.1) is 0 Å². The first-order chi connectivity index (χ1) is 13.7. The van der Waals surface area contributed by atoms with Crippen molar-refractivity contribution in [2.75, 3.05) is 25.0 Å². The number of anilines is 1. The lowest BCUT2D eigenvalue weighted by molar-refractivity contribution is -0.119. The van der Waals surface area contributed by atoms with E-state index in [-0.39, 0.29) is 30.5 Å². The van der Waals surface area contributed by atoms with E-state index in [4.69, 9.17) is 39.5 Å². The fraction of sp³-hybridized carbons (Fsp3) is 0.294. The second-order valence-electron chi connectivity index (χ2n) is 6.10. The lowest BCUT2D eigenvalue weighted by Crippen LogP contribution is -2.29. The normalized spacial score (nSPS) is 14.7. The van der Waals surface area contributed by atoms with E-state index >= 15 is 0 Å². The van der Waals surface area contributed by atoms with Crippen LogP contribution in [-0.4, -0.2) is 44.3 Å². The zero-order chi connectivity index (χ0) is 21.2. The van der Waals surface area contributed by atoms with Gasteiger partial charge in [0.1, 0.15) is 9.77 Å². The SMILES string of the molecule is O=C(COC(=O)c1sccc1S(=O)(=O)N1CCCC1)Nc1cc(Cl)c(Cl)cc1Cl. The summed E-state index contributed by atoms with van der Waals surface area (Å²) in [6.07, 6.45) is 1.56. The van der Waals surface area contributed by atoms with E-state index in [1.165, 1.54) is 27.9 Å². The third-order valence-electron chi connectivity index (χ3n) is 4.12. The number of benzene rings is 1. The van der Waals surface area contributed by atoms with Crippen LogP contribution in [0.1, 0.15) is 22.5 Å². The highest BCUT2D eigenvalue weighted by molar-refractivity contribution is 7.89. The molecule has 1 aromatic carbocycles. The first kappa shape index (κ1) is 22.3. The number of nitrogens with one attached hydrogen (secondary N) is 1. The highest BCUT2D eigenvalue weighted by Crippen LogP contribution is 2.32. The molecule has 3 rings (SSSR count). The third-order valence-corrected chi connectivity index (χ3v) is 8.12. The van der Waals surface area contributed by atoms with Gasteiger partial charge in [0.25, 0.3) is 5.91 Å². The van der Waals surface area contributed by atoms with Gasteiger partial charge in [0.15, 0.2) is 6.61 Å². The van der Waals surface area contributed by atoms with Crippen molar-refractivity contribution in [3.63, 3.8) is 0 Å². The second kappa shape index (κ2) is 9.20. The van der Waals surface area contributed by atoms with Crippen molar-refractivity contribution in [1.29, 1.82) is 0 Å². The molecule has 1 aliphatic heterocycles. The Labute approximate surface area is 186 Å². The maximum Gasteiger partial charge on any atom is 0.350 e. The van der Waals surface area contributed by atoms with Crippen LogP contribution >= 0.6 is 46.1 Å². The van der Waals surface area contributed by atoms with Gasteiger partial charge in [-0.05, 0) is 36.4 Å². The molecule has 1 saturated heterocycles. The molecule has 7 nitrogen and oxygen atoms in total. The van der Waals surface area contributed by atoms with Crippen LogP contribution < -0.4 is 5.32 Å². The maximum atomic E-state index is 12.7. The Kier molecular flexibility index (Phi) is 7.08. The van der Waals surface area contributed by atoms with Crippen LogP contribution in [0.5, 0.6) is 0 Å². The van der Waals surface area contributed by atoms with Crippen LogP contribution in [0.25, 0.3) is 0 Å². The maximum absolute atomic E-state index is 12.7. The number of sulfonamides is 1. The molecule has 0 unspecified atom stereocenters. The molecule has 0 atom stereocenters. The van der Waals surface area contributed by atoms with Gasteiger partial charge >= 0.3 is 5.97 Å². The quantitative estimate of drug-likeness (QED) is 0.475. The summed E-state index contributed by atoms with van der Waals surface area (Å²) >= 11 is 18.6. The molecule has 1 aliphatic rings. The van der Waals surface area contributed by atoms with Gasteiger partial charge in [0.2, 0.25) is 10.0 Å². The fourth-order valence-electron chi connectivity index (χ4n) is 2.72. The Morgan fingerprint density at radius 2 is 1.76 bits per heavy atom. The van der Waals surface area contributed by atoms with Crippen LogP contribution in [0.2, 0.25) is 15.1 Å². The van der Waals surface area contributed by atoms with Crippen molar-refractivity contribution >= 4 is 73.7 Å². The van der Waals surface area contributed by atoms with Crippen molar-refractivity contribution in [1.82, 2.24) is 4.31 Å². The summed E-state index contributed by atoms with van der Waals surface area (Å²) < 4.78 is 31.7. The molecular formula is C17H15Cl3N2O5S2. The fourth-order valence-corrected chi connectivity index (χ4v) is 6.11. The van der Waals surface area contributed by atoms with Crippen molar-refractivity contribution in [3.8, 4) is 0 Å². The highest BCUT2D eigenvalue weighted by Gasteiger charge is 2.32. The minimum absolute atomic E-state index is 0.0720. The molecule has 0 bridgehead atoms. The van der Waals surface area contributed by atoms with E-state index in [2.05, 4.69) is 5.32 Å². The van der Waals surface area contributed by atoms with E-state index < -0.39 is 28.5 Å². The Morgan fingerprint density at radius 3 is 2.45 bits per heavy atom. The van der Waals surface area contributed by atoms with Gasteiger partial charge in [-0.25, -0.2) is 13.2 Å². The highest BCUT2D eigenvalue weighted by atomic mass is 35.5. The topological polar surface area (TPSA) is 92.8 Å². The van der Waals surface area contributed by atoms with E-state index in [1.54, 1.807) is 0 Å². The molecule has 156 valence electrons. The summed E-state index contributed by atoms with van der Waals surface area (Å²) in [5.74, 6) is -1.56. The molecular weight excluding hydrogens is 483 g/mol. The van der Waals surface area contributed by atoms with Crippen molar-refractivity contribution in [2.24, 2.45) is 0 Å². The summed E-state index contributed by atoms with van der Waals surface area (Å²) in [5, 5.41) is 4.53. The van der Waals surface area contributed by atoms with Crippen LogP contribution in [0.15, 0.2) is 28.5 Å². The molecule has 29 heavy (non-hydrogen) atoms. The minimum atomic E-state index is -3.77. The van der Waals surface area contributed by atoms with Crippen LogP contribution in [0.3, 0.4) is 0 Å². The molecule has 2 aromatic rings. The lowest BCUT2D eigenvalue weighted by Gasteiger charge is -2.15. The summed E-state index contributed by atoms with van der Waals surface area (Å²) in [6, 6.07) is 4.10. The number of hydrogen-bond donors (Lipinski definition) is 1. The number of rotatable bonds is 6. The average Bonchev–Trinajstić information content (AvgIpc) is 3.36. The van der Waals surface area contributed by atoms with Gasteiger partial charge in [-0.1, -0.05) is 34.8 Å². The first-order valence-corrected chi connectivity index (χ1v) is 11.8.